The van der Waals surface area contributed by atoms with Crippen LogP contribution >= 0.6 is 34.5 Å². The Labute approximate surface area is 123 Å². The van der Waals surface area contributed by atoms with E-state index in [0.29, 0.717) is 11.8 Å². The van der Waals surface area contributed by atoms with Gasteiger partial charge in [-0.1, -0.05) is 30.3 Å². The molecule has 0 aliphatic heterocycles. The lowest BCUT2D eigenvalue weighted by Crippen LogP contribution is -2.31. The molecule has 0 bridgehead atoms. The second-order valence-corrected chi connectivity index (χ2v) is 5.86. The van der Waals surface area contributed by atoms with E-state index in [-0.39, 0.29) is 5.41 Å². The first kappa shape index (κ1) is 13.9. The molecular formula is C15H16Cl2S. The zero-order chi connectivity index (χ0) is 12.8. The van der Waals surface area contributed by atoms with E-state index in [1.807, 2.05) is 18.2 Å². The van der Waals surface area contributed by atoms with Crippen molar-refractivity contribution in [2.45, 2.75) is 18.3 Å². The lowest BCUT2D eigenvalue weighted by atomic mass is 9.79. The second-order valence-electron chi connectivity index (χ2n) is 4.55. The van der Waals surface area contributed by atoms with E-state index in [1.165, 1.54) is 11.1 Å². The van der Waals surface area contributed by atoms with E-state index in [2.05, 4.69) is 29.0 Å². The molecule has 2 rings (SSSR count). The SMILES string of the molecule is ClCC(CCl)(CCc1ccsc1)c1ccccc1. The number of halogens is 2. The molecular weight excluding hydrogens is 283 g/mol. The maximum absolute atomic E-state index is 6.22. The highest BCUT2D eigenvalue weighted by atomic mass is 35.5. The van der Waals surface area contributed by atoms with Crippen molar-refractivity contribution < 1.29 is 0 Å². The average molecular weight is 299 g/mol. The highest BCUT2D eigenvalue weighted by Crippen LogP contribution is 2.32. The molecule has 1 aromatic carbocycles. The Morgan fingerprint density at radius 2 is 1.72 bits per heavy atom. The number of hydrogen-bond donors (Lipinski definition) is 0. The standard InChI is InChI=1S/C15H16Cl2S/c16-11-15(12-17,14-4-2-1-3-5-14)8-6-13-7-9-18-10-13/h1-5,7,9-10H,6,8,11-12H2. The molecule has 0 nitrogen and oxygen atoms in total. The van der Waals surface area contributed by atoms with Gasteiger partial charge in [-0.25, -0.2) is 0 Å². The summed E-state index contributed by atoms with van der Waals surface area (Å²) in [6.07, 6.45) is 2.01. The summed E-state index contributed by atoms with van der Waals surface area (Å²) in [7, 11) is 0. The third-order valence-electron chi connectivity index (χ3n) is 3.37. The first-order valence-electron chi connectivity index (χ1n) is 5.99. The van der Waals surface area contributed by atoms with Crippen LogP contribution in [-0.2, 0) is 11.8 Å². The van der Waals surface area contributed by atoms with Gasteiger partial charge in [-0.15, -0.1) is 23.2 Å². The first-order valence-corrected chi connectivity index (χ1v) is 8.00. The molecule has 0 fully saturated rings. The Balaban J connectivity index is 2.16. The van der Waals surface area contributed by atoms with Gasteiger partial charge in [-0.2, -0.15) is 11.3 Å². The minimum Gasteiger partial charge on any atom is -0.152 e. The van der Waals surface area contributed by atoms with Crippen LogP contribution < -0.4 is 0 Å². The van der Waals surface area contributed by atoms with Crippen molar-refractivity contribution in [3.05, 3.63) is 58.3 Å². The number of thiophene rings is 1. The fourth-order valence-electron chi connectivity index (χ4n) is 2.08. The van der Waals surface area contributed by atoms with E-state index < -0.39 is 0 Å². The zero-order valence-corrected chi connectivity index (χ0v) is 12.4. The van der Waals surface area contributed by atoms with Crippen molar-refractivity contribution >= 4 is 34.5 Å². The summed E-state index contributed by atoms with van der Waals surface area (Å²) >= 11 is 14.2. The minimum atomic E-state index is -0.119. The molecule has 96 valence electrons. The molecule has 0 aliphatic rings. The molecule has 0 spiro atoms. The molecule has 3 heteroatoms. The molecule has 0 radical (unpaired) electrons. The van der Waals surface area contributed by atoms with E-state index in [1.54, 1.807) is 11.3 Å². The maximum Gasteiger partial charge on any atom is 0.0332 e. The van der Waals surface area contributed by atoms with Gasteiger partial charge in [0.2, 0.25) is 0 Å². The molecule has 18 heavy (non-hydrogen) atoms. The first-order chi connectivity index (χ1) is 8.80. The Morgan fingerprint density at radius 1 is 1.00 bits per heavy atom. The zero-order valence-electron chi connectivity index (χ0n) is 10.1. The van der Waals surface area contributed by atoms with E-state index >= 15 is 0 Å². The van der Waals surface area contributed by atoms with Crippen LogP contribution in [-0.4, -0.2) is 11.8 Å². The third-order valence-corrected chi connectivity index (χ3v) is 5.13. The third kappa shape index (κ3) is 3.09. The number of aryl methyl sites for hydroxylation is 1. The molecule has 2 aromatic rings. The lowest BCUT2D eigenvalue weighted by Gasteiger charge is -2.30. The Kier molecular flexibility index (Phi) is 5.11. The van der Waals surface area contributed by atoms with Crippen molar-refractivity contribution in [1.29, 1.82) is 0 Å². The predicted octanol–water partition coefficient (Wildman–Crippen LogP) is 5.10. The predicted molar refractivity (Wildman–Crippen MR) is 82.2 cm³/mol. The summed E-state index contributed by atoms with van der Waals surface area (Å²) in [5.74, 6) is 1.12. The van der Waals surface area contributed by atoms with Gasteiger partial charge in [0.05, 0.1) is 0 Å². The summed E-state index contributed by atoms with van der Waals surface area (Å²) < 4.78 is 0. The quantitative estimate of drug-likeness (QED) is 0.651. The normalized spacial score (nSPS) is 11.7. The van der Waals surface area contributed by atoms with Gasteiger partial charge in [0.15, 0.2) is 0 Å². The van der Waals surface area contributed by atoms with E-state index in [0.717, 1.165) is 12.8 Å². The monoisotopic (exact) mass is 298 g/mol. The van der Waals surface area contributed by atoms with Crippen molar-refractivity contribution in [3.8, 4) is 0 Å². The molecule has 0 saturated heterocycles. The van der Waals surface area contributed by atoms with Crippen molar-refractivity contribution in [2.75, 3.05) is 11.8 Å². The van der Waals surface area contributed by atoms with Crippen LogP contribution in [0.15, 0.2) is 47.2 Å². The average Bonchev–Trinajstić information content (AvgIpc) is 2.95. The summed E-state index contributed by atoms with van der Waals surface area (Å²) in [6, 6.07) is 12.5. The van der Waals surface area contributed by atoms with Gasteiger partial charge in [-0.3, -0.25) is 0 Å². The van der Waals surface area contributed by atoms with Gasteiger partial charge < -0.3 is 0 Å². The van der Waals surface area contributed by atoms with Crippen LogP contribution in [0, 0.1) is 0 Å². The van der Waals surface area contributed by atoms with Crippen LogP contribution in [0.3, 0.4) is 0 Å². The minimum absolute atomic E-state index is 0.119. The summed E-state index contributed by atoms with van der Waals surface area (Å²) in [6.45, 7) is 0. The van der Waals surface area contributed by atoms with Gasteiger partial charge in [-0.05, 0) is 40.8 Å². The fourth-order valence-corrected chi connectivity index (χ4v) is 3.64. The number of benzene rings is 1. The van der Waals surface area contributed by atoms with Crippen LogP contribution in [0.5, 0.6) is 0 Å². The summed E-state index contributed by atoms with van der Waals surface area (Å²) in [4.78, 5) is 0. The lowest BCUT2D eigenvalue weighted by molar-refractivity contribution is 0.493. The fraction of sp³-hybridized carbons (Fsp3) is 0.333. The van der Waals surface area contributed by atoms with Crippen LogP contribution in [0.2, 0.25) is 0 Å². The van der Waals surface area contributed by atoms with Crippen LogP contribution in [0.25, 0.3) is 0 Å². The van der Waals surface area contributed by atoms with Gasteiger partial charge in [0, 0.05) is 17.2 Å². The van der Waals surface area contributed by atoms with E-state index in [4.69, 9.17) is 23.2 Å². The van der Waals surface area contributed by atoms with Gasteiger partial charge in [0.25, 0.3) is 0 Å². The summed E-state index contributed by atoms with van der Waals surface area (Å²) in [5.41, 5.74) is 2.49. The van der Waals surface area contributed by atoms with Crippen molar-refractivity contribution in [3.63, 3.8) is 0 Å². The smallest absolute Gasteiger partial charge is 0.0332 e. The van der Waals surface area contributed by atoms with Crippen LogP contribution in [0.4, 0.5) is 0 Å². The summed E-state index contributed by atoms with van der Waals surface area (Å²) in [5, 5.41) is 4.30. The second kappa shape index (κ2) is 6.60. The number of rotatable bonds is 6. The van der Waals surface area contributed by atoms with Crippen LogP contribution in [0.1, 0.15) is 17.5 Å². The highest BCUT2D eigenvalue weighted by molar-refractivity contribution is 7.07. The molecule has 0 N–H and O–H groups in total. The Morgan fingerprint density at radius 3 is 2.28 bits per heavy atom. The molecule has 1 heterocycles. The van der Waals surface area contributed by atoms with Crippen molar-refractivity contribution in [2.24, 2.45) is 0 Å². The van der Waals surface area contributed by atoms with E-state index in [9.17, 15) is 0 Å². The largest absolute Gasteiger partial charge is 0.152 e. The van der Waals surface area contributed by atoms with Gasteiger partial charge in [0.1, 0.15) is 0 Å². The topological polar surface area (TPSA) is 0 Å². The van der Waals surface area contributed by atoms with Gasteiger partial charge >= 0.3 is 0 Å². The Hall–Kier alpha value is -0.500. The molecule has 0 unspecified atom stereocenters. The molecule has 0 atom stereocenters. The Bertz CT molecular complexity index is 447. The number of alkyl halides is 2. The highest BCUT2D eigenvalue weighted by Gasteiger charge is 2.30. The molecule has 0 saturated carbocycles. The number of hydrogen-bond acceptors (Lipinski definition) is 1. The maximum atomic E-state index is 6.22. The van der Waals surface area contributed by atoms with Crippen molar-refractivity contribution in [1.82, 2.24) is 0 Å². The molecule has 0 aliphatic carbocycles. The molecule has 1 aromatic heterocycles. The molecule has 0 amide bonds.